The number of hydrogen-bond donors (Lipinski definition) is 0. The number of para-hydroxylation sites is 1. The van der Waals surface area contributed by atoms with Gasteiger partial charge in [0.05, 0.1) is 5.75 Å². The number of carbonyl (C=O) groups is 1. The van der Waals surface area contributed by atoms with Gasteiger partial charge in [0, 0.05) is 24.3 Å². The van der Waals surface area contributed by atoms with Crippen LogP contribution in [-0.2, 0) is 4.79 Å². The van der Waals surface area contributed by atoms with Crippen LogP contribution in [0.1, 0.15) is 30.9 Å². The van der Waals surface area contributed by atoms with E-state index in [1.165, 1.54) is 22.9 Å². The van der Waals surface area contributed by atoms with Crippen LogP contribution in [0.3, 0.4) is 0 Å². The first-order valence-electron chi connectivity index (χ1n) is 10.5. The first-order valence-corrected chi connectivity index (χ1v) is 11.5. The van der Waals surface area contributed by atoms with E-state index < -0.39 is 0 Å². The van der Waals surface area contributed by atoms with Crippen molar-refractivity contribution < 1.29 is 4.79 Å². The van der Waals surface area contributed by atoms with Crippen molar-refractivity contribution in [2.75, 3.05) is 18.8 Å². The number of piperidine rings is 1. The van der Waals surface area contributed by atoms with Gasteiger partial charge >= 0.3 is 0 Å². The highest BCUT2D eigenvalue weighted by molar-refractivity contribution is 7.99. The van der Waals surface area contributed by atoms with Crippen molar-refractivity contribution in [3.8, 4) is 17.1 Å². The first kappa shape index (κ1) is 20.7. The Balaban J connectivity index is 1.61. The van der Waals surface area contributed by atoms with Crippen LogP contribution in [0.2, 0.25) is 0 Å². The molecule has 1 saturated heterocycles. The summed E-state index contributed by atoms with van der Waals surface area (Å²) in [6.07, 6.45) is 2.18. The standard InChI is InChI=1S/C24H28N4OS/c1-17-11-13-27(14-12-17)22(29)16-30-24-26-25-23(20-10-9-18(2)19(3)15-20)28(24)21-7-5-4-6-8-21/h4-10,15,17H,11-14,16H2,1-3H3. The third-order valence-electron chi connectivity index (χ3n) is 5.87. The van der Waals surface area contributed by atoms with Crippen molar-refractivity contribution in [1.82, 2.24) is 19.7 Å². The number of thioether (sulfide) groups is 1. The van der Waals surface area contributed by atoms with Gasteiger partial charge in [-0.25, -0.2) is 0 Å². The molecule has 156 valence electrons. The lowest BCUT2D eigenvalue weighted by Crippen LogP contribution is -2.38. The molecular weight excluding hydrogens is 392 g/mol. The van der Waals surface area contributed by atoms with E-state index in [2.05, 4.69) is 53.7 Å². The summed E-state index contributed by atoms with van der Waals surface area (Å²) in [6.45, 7) is 8.19. The van der Waals surface area contributed by atoms with Crippen molar-refractivity contribution in [2.45, 2.75) is 38.8 Å². The lowest BCUT2D eigenvalue weighted by atomic mass is 9.99. The predicted molar refractivity (Wildman–Crippen MR) is 122 cm³/mol. The minimum Gasteiger partial charge on any atom is -0.342 e. The van der Waals surface area contributed by atoms with Crippen LogP contribution >= 0.6 is 11.8 Å². The van der Waals surface area contributed by atoms with E-state index in [-0.39, 0.29) is 5.91 Å². The molecule has 1 aromatic heterocycles. The second-order valence-corrected chi connectivity index (χ2v) is 9.07. The molecule has 1 fully saturated rings. The fourth-order valence-corrected chi connectivity index (χ4v) is 4.57. The molecule has 2 heterocycles. The van der Waals surface area contributed by atoms with Gasteiger partial charge in [-0.3, -0.25) is 9.36 Å². The van der Waals surface area contributed by atoms with Gasteiger partial charge in [0.2, 0.25) is 5.91 Å². The van der Waals surface area contributed by atoms with E-state index in [9.17, 15) is 4.79 Å². The lowest BCUT2D eigenvalue weighted by molar-refractivity contribution is -0.129. The van der Waals surface area contributed by atoms with Crippen LogP contribution in [-0.4, -0.2) is 44.4 Å². The van der Waals surface area contributed by atoms with Crippen LogP contribution < -0.4 is 0 Å². The van der Waals surface area contributed by atoms with Crippen LogP contribution in [0.4, 0.5) is 0 Å². The minimum atomic E-state index is 0.183. The van der Waals surface area contributed by atoms with Gasteiger partial charge in [-0.05, 0) is 61.9 Å². The Kier molecular flexibility index (Phi) is 6.23. The summed E-state index contributed by atoms with van der Waals surface area (Å²) in [7, 11) is 0. The predicted octanol–water partition coefficient (Wildman–Crippen LogP) is 4.90. The molecule has 1 amide bonds. The molecule has 4 rings (SSSR count). The van der Waals surface area contributed by atoms with Crippen molar-refractivity contribution in [1.29, 1.82) is 0 Å². The number of rotatable bonds is 5. The maximum atomic E-state index is 12.7. The van der Waals surface area contributed by atoms with Crippen LogP contribution in [0, 0.1) is 19.8 Å². The normalized spacial score (nSPS) is 14.8. The summed E-state index contributed by atoms with van der Waals surface area (Å²) in [4.78, 5) is 14.7. The Morgan fingerprint density at radius 3 is 2.47 bits per heavy atom. The Morgan fingerprint density at radius 2 is 1.77 bits per heavy atom. The Labute approximate surface area is 182 Å². The molecule has 0 bridgehead atoms. The second kappa shape index (κ2) is 9.04. The number of aromatic nitrogens is 3. The van der Waals surface area contributed by atoms with E-state index in [4.69, 9.17) is 0 Å². The molecule has 0 radical (unpaired) electrons. The molecule has 30 heavy (non-hydrogen) atoms. The highest BCUT2D eigenvalue weighted by atomic mass is 32.2. The molecule has 1 aliphatic heterocycles. The van der Waals surface area contributed by atoms with E-state index in [0.29, 0.717) is 11.7 Å². The number of likely N-dealkylation sites (tertiary alicyclic amines) is 1. The number of amides is 1. The van der Waals surface area contributed by atoms with Gasteiger partial charge in [0.1, 0.15) is 0 Å². The lowest BCUT2D eigenvalue weighted by Gasteiger charge is -2.30. The first-order chi connectivity index (χ1) is 14.5. The number of benzene rings is 2. The smallest absolute Gasteiger partial charge is 0.233 e. The van der Waals surface area contributed by atoms with E-state index in [0.717, 1.165) is 48.2 Å². The average Bonchev–Trinajstić information content (AvgIpc) is 3.19. The van der Waals surface area contributed by atoms with Gasteiger partial charge in [-0.1, -0.05) is 49.0 Å². The number of hydrogen-bond acceptors (Lipinski definition) is 4. The second-order valence-electron chi connectivity index (χ2n) is 8.13. The summed E-state index contributed by atoms with van der Waals surface area (Å²) in [5.74, 6) is 2.07. The molecule has 0 unspecified atom stereocenters. The highest BCUT2D eigenvalue weighted by Crippen LogP contribution is 2.29. The van der Waals surface area contributed by atoms with Crippen molar-refractivity contribution >= 4 is 17.7 Å². The van der Waals surface area contributed by atoms with Gasteiger partial charge in [0.15, 0.2) is 11.0 Å². The summed E-state index contributed by atoms with van der Waals surface area (Å²) in [5.41, 5.74) is 4.49. The fraction of sp³-hybridized carbons (Fsp3) is 0.375. The molecule has 3 aromatic rings. The molecule has 1 aliphatic rings. The largest absolute Gasteiger partial charge is 0.342 e. The van der Waals surface area contributed by atoms with Gasteiger partial charge in [-0.2, -0.15) is 0 Å². The van der Waals surface area contributed by atoms with Gasteiger partial charge in [0.25, 0.3) is 0 Å². The molecule has 0 atom stereocenters. The van der Waals surface area contributed by atoms with E-state index >= 15 is 0 Å². The molecular formula is C24H28N4OS. The Morgan fingerprint density at radius 1 is 1.03 bits per heavy atom. The van der Waals surface area contributed by atoms with Crippen molar-refractivity contribution in [3.05, 3.63) is 59.7 Å². The number of carbonyl (C=O) groups excluding carboxylic acids is 1. The Bertz CT molecular complexity index is 1020. The van der Waals surface area contributed by atoms with Crippen molar-refractivity contribution in [3.63, 3.8) is 0 Å². The number of nitrogens with zero attached hydrogens (tertiary/aromatic N) is 4. The van der Waals surface area contributed by atoms with E-state index in [1.807, 2.05) is 35.2 Å². The minimum absolute atomic E-state index is 0.183. The van der Waals surface area contributed by atoms with Gasteiger partial charge in [-0.15, -0.1) is 10.2 Å². The highest BCUT2D eigenvalue weighted by Gasteiger charge is 2.22. The summed E-state index contributed by atoms with van der Waals surface area (Å²) >= 11 is 1.47. The quantitative estimate of drug-likeness (QED) is 0.551. The monoisotopic (exact) mass is 420 g/mol. The molecule has 5 nitrogen and oxygen atoms in total. The molecule has 2 aromatic carbocycles. The van der Waals surface area contributed by atoms with Crippen molar-refractivity contribution in [2.24, 2.45) is 5.92 Å². The topological polar surface area (TPSA) is 51.0 Å². The van der Waals surface area contributed by atoms with Crippen LogP contribution in [0.5, 0.6) is 0 Å². The van der Waals surface area contributed by atoms with Gasteiger partial charge < -0.3 is 4.90 Å². The maximum absolute atomic E-state index is 12.7. The zero-order chi connectivity index (χ0) is 21.1. The molecule has 0 N–H and O–H groups in total. The zero-order valence-electron chi connectivity index (χ0n) is 17.8. The SMILES string of the molecule is Cc1ccc(-c2nnc(SCC(=O)N3CCC(C)CC3)n2-c2ccccc2)cc1C. The average molecular weight is 421 g/mol. The zero-order valence-corrected chi connectivity index (χ0v) is 18.7. The third-order valence-corrected chi connectivity index (χ3v) is 6.79. The van der Waals surface area contributed by atoms with Crippen LogP contribution in [0.25, 0.3) is 17.1 Å². The van der Waals surface area contributed by atoms with E-state index in [1.54, 1.807) is 0 Å². The summed E-state index contributed by atoms with van der Waals surface area (Å²) in [6, 6.07) is 16.5. The maximum Gasteiger partial charge on any atom is 0.233 e. The summed E-state index contributed by atoms with van der Waals surface area (Å²) in [5, 5.41) is 9.70. The third kappa shape index (κ3) is 4.43. The molecule has 0 aliphatic carbocycles. The van der Waals surface area contributed by atoms with Crippen LogP contribution in [0.15, 0.2) is 53.7 Å². The Hall–Kier alpha value is -2.60. The molecule has 6 heteroatoms. The molecule has 0 spiro atoms. The fourth-order valence-electron chi connectivity index (χ4n) is 3.72. The number of aryl methyl sites for hydroxylation is 2. The molecule has 0 saturated carbocycles. The summed E-state index contributed by atoms with van der Waals surface area (Å²) < 4.78 is 2.06.